The Morgan fingerprint density at radius 3 is 2.71 bits per heavy atom. The van der Waals surface area contributed by atoms with Gasteiger partial charge in [0.25, 0.3) is 0 Å². The molecule has 1 aromatic rings. The lowest BCUT2D eigenvalue weighted by Gasteiger charge is -2.35. The molecular weight excluding hydrogens is 236 g/mol. The molecule has 0 spiro atoms. The van der Waals surface area contributed by atoms with Crippen LogP contribution in [0.2, 0.25) is 0 Å². The van der Waals surface area contributed by atoms with E-state index in [1.165, 1.54) is 0 Å². The molecule has 94 valence electrons. The quantitative estimate of drug-likeness (QED) is 0.805. The summed E-state index contributed by atoms with van der Waals surface area (Å²) in [6, 6.07) is 0. The van der Waals surface area contributed by atoms with E-state index < -0.39 is 0 Å². The second kappa shape index (κ2) is 5.14. The minimum absolute atomic E-state index is 0.125. The van der Waals surface area contributed by atoms with Crippen molar-refractivity contribution in [3.05, 3.63) is 16.1 Å². The van der Waals surface area contributed by atoms with E-state index in [0.29, 0.717) is 19.5 Å². The maximum absolute atomic E-state index is 12.1. The van der Waals surface area contributed by atoms with E-state index in [-0.39, 0.29) is 18.1 Å². The van der Waals surface area contributed by atoms with Crippen molar-refractivity contribution in [3.63, 3.8) is 0 Å². The van der Waals surface area contributed by atoms with Crippen LogP contribution in [-0.2, 0) is 16.0 Å². The molecule has 2 atom stereocenters. The van der Waals surface area contributed by atoms with Gasteiger partial charge in [0.1, 0.15) is 0 Å². The van der Waals surface area contributed by atoms with E-state index >= 15 is 0 Å². The second-order valence-corrected chi connectivity index (χ2v) is 5.65. The van der Waals surface area contributed by atoms with Crippen molar-refractivity contribution in [2.24, 2.45) is 0 Å². The monoisotopic (exact) mass is 254 g/mol. The number of rotatable bonds is 2. The lowest BCUT2D eigenvalue weighted by molar-refractivity contribution is -0.142. The molecule has 0 bridgehead atoms. The van der Waals surface area contributed by atoms with Crippen LogP contribution in [0.3, 0.4) is 0 Å². The van der Waals surface area contributed by atoms with E-state index in [4.69, 9.17) is 4.74 Å². The fourth-order valence-corrected chi connectivity index (χ4v) is 2.75. The maximum Gasteiger partial charge on any atom is 0.228 e. The van der Waals surface area contributed by atoms with Crippen LogP contribution in [0.5, 0.6) is 0 Å². The van der Waals surface area contributed by atoms with Gasteiger partial charge in [-0.15, -0.1) is 11.3 Å². The molecule has 2 heterocycles. The van der Waals surface area contributed by atoms with Crippen LogP contribution in [0.15, 0.2) is 5.38 Å². The molecule has 2 rings (SSSR count). The highest BCUT2D eigenvalue weighted by atomic mass is 32.1. The molecular formula is C12H18N2O2S. The summed E-state index contributed by atoms with van der Waals surface area (Å²) in [6.07, 6.45) is 0.656. The van der Waals surface area contributed by atoms with Gasteiger partial charge in [0.2, 0.25) is 5.91 Å². The van der Waals surface area contributed by atoms with Crippen molar-refractivity contribution >= 4 is 17.2 Å². The molecule has 5 heteroatoms. The summed E-state index contributed by atoms with van der Waals surface area (Å²) in [4.78, 5) is 18.3. The zero-order valence-corrected chi connectivity index (χ0v) is 11.3. The first-order valence-electron chi connectivity index (χ1n) is 5.89. The average molecular weight is 254 g/mol. The molecule has 17 heavy (non-hydrogen) atoms. The number of thiazole rings is 1. The van der Waals surface area contributed by atoms with Crippen LogP contribution in [-0.4, -0.2) is 41.1 Å². The van der Waals surface area contributed by atoms with Crippen LogP contribution in [0, 0.1) is 6.92 Å². The number of hydrogen-bond acceptors (Lipinski definition) is 4. The van der Waals surface area contributed by atoms with Gasteiger partial charge in [-0.25, -0.2) is 4.98 Å². The lowest BCUT2D eigenvalue weighted by Crippen LogP contribution is -2.48. The van der Waals surface area contributed by atoms with E-state index in [0.717, 1.165) is 10.7 Å². The summed E-state index contributed by atoms with van der Waals surface area (Å²) in [7, 11) is 0. The first kappa shape index (κ1) is 12.5. The molecule has 0 aromatic carbocycles. The SMILES string of the molecule is Cc1nc(CC(=O)N2C[C@H](C)O[C@@H](C)C2)cs1. The number of aromatic nitrogens is 1. The van der Waals surface area contributed by atoms with Gasteiger partial charge in [0.15, 0.2) is 0 Å². The van der Waals surface area contributed by atoms with Gasteiger partial charge in [0, 0.05) is 18.5 Å². The highest BCUT2D eigenvalue weighted by Crippen LogP contribution is 2.14. The summed E-state index contributed by atoms with van der Waals surface area (Å²) < 4.78 is 5.61. The van der Waals surface area contributed by atoms with Crippen molar-refractivity contribution in [3.8, 4) is 0 Å². The van der Waals surface area contributed by atoms with Gasteiger partial charge >= 0.3 is 0 Å². The minimum atomic E-state index is 0.125. The van der Waals surface area contributed by atoms with Gasteiger partial charge < -0.3 is 9.64 Å². The van der Waals surface area contributed by atoms with Crippen LogP contribution in [0.4, 0.5) is 0 Å². The molecule has 1 fully saturated rings. The minimum Gasteiger partial charge on any atom is -0.372 e. The zero-order valence-electron chi connectivity index (χ0n) is 10.5. The normalized spacial score (nSPS) is 25.0. The first-order valence-corrected chi connectivity index (χ1v) is 6.77. The number of morpholine rings is 1. The highest BCUT2D eigenvalue weighted by molar-refractivity contribution is 7.09. The first-order chi connectivity index (χ1) is 8.04. The maximum atomic E-state index is 12.1. The molecule has 1 aliphatic rings. The number of aryl methyl sites for hydroxylation is 1. The number of amides is 1. The molecule has 1 amide bonds. The fraction of sp³-hybridized carbons (Fsp3) is 0.667. The Morgan fingerprint density at radius 2 is 2.18 bits per heavy atom. The van der Waals surface area contributed by atoms with Gasteiger partial charge in [-0.1, -0.05) is 0 Å². The van der Waals surface area contributed by atoms with E-state index in [1.54, 1.807) is 11.3 Å². The van der Waals surface area contributed by atoms with Crippen LogP contribution >= 0.6 is 11.3 Å². The zero-order chi connectivity index (χ0) is 12.4. The molecule has 1 saturated heterocycles. The Labute approximate surface area is 106 Å². The topological polar surface area (TPSA) is 42.4 Å². The van der Waals surface area contributed by atoms with Crippen LogP contribution in [0.25, 0.3) is 0 Å². The molecule has 1 aliphatic heterocycles. The standard InChI is InChI=1S/C12H18N2O2S/c1-8-5-14(6-9(2)16-8)12(15)4-11-7-17-10(3)13-11/h7-9H,4-6H2,1-3H3/t8-,9-/m0/s1. The van der Waals surface area contributed by atoms with E-state index in [9.17, 15) is 4.79 Å². The summed E-state index contributed by atoms with van der Waals surface area (Å²) in [6.45, 7) is 7.34. The molecule has 0 unspecified atom stereocenters. The Morgan fingerprint density at radius 1 is 1.53 bits per heavy atom. The van der Waals surface area contributed by atoms with Gasteiger partial charge in [-0.3, -0.25) is 4.79 Å². The average Bonchev–Trinajstić information content (AvgIpc) is 2.62. The predicted octanol–water partition coefficient (Wildman–Crippen LogP) is 1.63. The highest BCUT2D eigenvalue weighted by Gasteiger charge is 2.26. The van der Waals surface area contributed by atoms with Gasteiger partial charge in [-0.05, 0) is 20.8 Å². The lowest BCUT2D eigenvalue weighted by atomic mass is 10.2. The molecule has 0 aliphatic carbocycles. The Hall–Kier alpha value is -0.940. The van der Waals surface area contributed by atoms with Crippen molar-refractivity contribution in [2.45, 2.75) is 39.4 Å². The Balaban J connectivity index is 1.95. The summed E-state index contributed by atoms with van der Waals surface area (Å²) in [5, 5.41) is 2.97. The molecule has 0 radical (unpaired) electrons. The number of carbonyl (C=O) groups excluding carboxylic acids is 1. The molecule has 1 aromatic heterocycles. The smallest absolute Gasteiger partial charge is 0.228 e. The van der Waals surface area contributed by atoms with Crippen molar-refractivity contribution in [2.75, 3.05) is 13.1 Å². The summed E-state index contributed by atoms with van der Waals surface area (Å²) in [5.41, 5.74) is 0.879. The number of carbonyl (C=O) groups is 1. The van der Waals surface area contributed by atoms with E-state index in [1.807, 2.05) is 31.1 Å². The molecule has 4 nitrogen and oxygen atoms in total. The van der Waals surface area contributed by atoms with Gasteiger partial charge in [0.05, 0.1) is 29.3 Å². The third kappa shape index (κ3) is 3.26. The number of nitrogens with zero attached hydrogens (tertiary/aromatic N) is 2. The molecule has 0 saturated carbocycles. The number of ether oxygens (including phenoxy) is 1. The number of hydrogen-bond donors (Lipinski definition) is 0. The third-order valence-corrected chi connectivity index (χ3v) is 3.59. The molecule has 0 N–H and O–H groups in total. The third-order valence-electron chi connectivity index (χ3n) is 2.77. The Bertz CT molecular complexity index is 395. The summed E-state index contributed by atoms with van der Waals surface area (Å²) in [5.74, 6) is 0.150. The fourth-order valence-electron chi connectivity index (χ4n) is 2.14. The van der Waals surface area contributed by atoms with Crippen molar-refractivity contribution in [1.82, 2.24) is 9.88 Å². The van der Waals surface area contributed by atoms with Crippen LogP contribution in [0.1, 0.15) is 24.5 Å². The Kier molecular flexibility index (Phi) is 3.79. The van der Waals surface area contributed by atoms with Crippen molar-refractivity contribution < 1.29 is 9.53 Å². The van der Waals surface area contributed by atoms with E-state index in [2.05, 4.69) is 4.98 Å². The largest absolute Gasteiger partial charge is 0.372 e. The predicted molar refractivity (Wildman–Crippen MR) is 67.1 cm³/mol. The van der Waals surface area contributed by atoms with Crippen LogP contribution < -0.4 is 0 Å². The second-order valence-electron chi connectivity index (χ2n) is 4.59. The van der Waals surface area contributed by atoms with Crippen molar-refractivity contribution in [1.29, 1.82) is 0 Å². The summed E-state index contributed by atoms with van der Waals surface area (Å²) >= 11 is 1.59. The van der Waals surface area contributed by atoms with Gasteiger partial charge in [-0.2, -0.15) is 0 Å².